The second-order valence-electron chi connectivity index (χ2n) is 2.24. The second kappa shape index (κ2) is 6.46. The van der Waals surface area contributed by atoms with Crippen LogP contribution >= 0.6 is 0 Å². The van der Waals surface area contributed by atoms with Gasteiger partial charge in [0.05, 0.1) is 7.11 Å². The van der Waals surface area contributed by atoms with E-state index in [2.05, 4.69) is 17.9 Å². The highest BCUT2D eigenvalue weighted by atomic mass is 16.7. The molecule has 0 aliphatic rings. The summed E-state index contributed by atoms with van der Waals surface area (Å²) in [5.74, 6) is 0. The normalized spacial score (nSPS) is 9.17. The molecular weight excluding hydrogens is 156 g/mol. The molecule has 0 aromatic heterocycles. The van der Waals surface area contributed by atoms with Crippen LogP contribution in [0.25, 0.3) is 0 Å². The van der Waals surface area contributed by atoms with E-state index in [9.17, 15) is 4.79 Å². The van der Waals surface area contributed by atoms with Crippen LogP contribution < -0.4 is 0 Å². The molecular formula is C9H14O3. The van der Waals surface area contributed by atoms with Gasteiger partial charge in [0, 0.05) is 12.8 Å². The van der Waals surface area contributed by atoms with E-state index in [-0.39, 0.29) is 6.10 Å². The summed E-state index contributed by atoms with van der Waals surface area (Å²) in [5, 5.41) is 0. The minimum atomic E-state index is -0.663. The fraction of sp³-hybridized carbons (Fsp3) is 0.444. The Kier molecular flexibility index (Phi) is 5.79. The molecule has 0 rings (SSSR count). The van der Waals surface area contributed by atoms with Crippen molar-refractivity contribution >= 4 is 6.16 Å². The molecule has 0 radical (unpaired) electrons. The van der Waals surface area contributed by atoms with E-state index in [4.69, 9.17) is 4.74 Å². The van der Waals surface area contributed by atoms with Crippen LogP contribution in [0.2, 0.25) is 0 Å². The van der Waals surface area contributed by atoms with Gasteiger partial charge in [-0.15, -0.1) is 13.2 Å². The summed E-state index contributed by atoms with van der Waals surface area (Å²) in [6.07, 6.45) is 3.74. The second-order valence-corrected chi connectivity index (χ2v) is 2.24. The van der Waals surface area contributed by atoms with Crippen molar-refractivity contribution < 1.29 is 14.3 Å². The summed E-state index contributed by atoms with van der Waals surface area (Å²) < 4.78 is 9.22. The van der Waals surface area contributed by atoms with Gasteiger partial charge in [-0.25, -0.2) is 4.79 Å². The van der Waals surface area contributed by atoms with Crippen molar-refractivity contribution in [3.05, 3.63) is 25.3 Å². The van der Waals surface area contributed by atoms with Crippen LogP contribution in [-0.4, -0.2) is 19.4 Å². The van der Waals surface area contributed by atoms with Crippen molar-refractivity contribution in [1.29, 1.82) is 0 Å². The predicted molar refractivity (Wildman–Crippen MR) is 46.9 cm³/mol. The van der Waals surface area contributed by atoms with E-state index in [0.717, 1.165) is 0 Å². The molecule has 0 aromatic rings. The lowest BCUT2D eigenvalue weighted by Gasteiger charge is -2.12. The fourth-order valence-electron chi connectivity index (χ4n) is 0.748. The van der Waals surface area contributed by atoms with Crippen LogP contribution in [0, 0.1) is 0 Å². The summed E-state index contributed by atoms with van der Waals surface area (Å²) in [5.41, 5.74) is 0. The van der Waals surface area contributed by atoms with Gasteiger partial charge in [-0.05, 0) is 0 Å². The Morgan fingerprint density at radius 2 is 1.92 bits per heavy atom. The lowest BCUT2D eigenvalue weighted by atomic mass is 10.2. The maximum atomic E-state index is 10.7. The summed E-state index contributed by atoms with van der Waals surface area (Å²) >= 11 is 0. The first kappa shape index (κ1) is 10.8. The molecule has 3 heteroatoms. The minimum Gasteiger partial charge on any atom is -0.438 e. The zero-order valence-electron chi connectivity index (χ0n) is 7.29. The van der Waals surface area contributed by atoms with Gasteiger partial charge >= 0.3 is 6.16 Å². The van der Waals surface area contributed by atoms with Crippen LogP contribution in [-0.2, 0) is 9.47 Å². The molecule has 0 aliphatic carbocycles. The number of carbonyl (C=O) groups is 1. The van der Waals surface area contributed by atoms with Gasteiger partial charge in [-0.2, -0.15) is 0 Å². The van der Waals surface area contributed by atoms with Crippen molar-refractivity contribution in [2.75, 3.05) is 7.11 Å². The van der Waals surface area contributed by atoms with Crippen molar-refractivity contribution in [3.63, 3.8) is 0 Å². The molecule has 12 heavy (non-hydrogen) atoms. The van der Waals surface area contributed by atoms with Crippen LogP contribution in [0.5, 0.6) is 0 Å². The van der Waals surface area contributed by atoms with Gasteiger partial charge in [0.15, 0.2) is 0 Å². The van der Waals surface area contributed by atoms with Gasteiger partial charge in [0.25, 0.3) is 0 Å². The largest absolute Gasteiger partial charge is 0.508 e. The average Bonchev–Trinajstić information content (AvgIpc) is 2.05. The number of ether oxygens (including phenoxy) is 2. The van der Waals surface area contributed by atoms with Crippen molar-refractivity contribution in [2.45, 2.75) is 18.9 Å². The number of carbonyl (C=O) groups excluding carboxylic acids is 1. The first-order valence-corrected chi connectivity index (χ1v) is 3.71. The summed E-state index contributed by atoms with van der Waals surface area (Å²) in [7, 11) is 1.28. The third kappa shape index (κ3) is 4.55. The Balaban J connectivity index is 3.83. The van der Waals surface area contributed by atoms with Crippen molar-refractivity contribution in [1.82, 2.24) is 0 Å². The molecule has 0 atom stereocenters. The molecule has 0 saturated heterocycles. The third-order valence-electron chi connectivity index (χ3n) is 1.29. The monoisotopic (exact) mass is 170 g/mol. The quantitative estimate of drug-likeness (QED) is 0.469. The summed E-state index contributed by atoms with van der Waals surface area (Å²) in [6, 6.07) is 0. The van der Waals surface area contributed by atoms with Crippen LogP contribution in [0.1, 0.15) is 12.8 Å². The predicted octanol–water partition coefficient (Wildman–Crippen LogP) is 2.29. The Morgan fingerprint density at radius 3 is 2.25 bits per heavy atom. The average molecular weight is 170 g/mol. The van der Waals surface area contributed by atoms with Gasteiger partial charge in [0.1, 0.15) is 6.10 Å². The zero-order valence-corrected chi connectivity index (χ0v) is 7.29. The molecule has 68 valence electrons. The van der Waals surface area contributed by atoms with E-state index in [1.54, 1.807) is 12.2 Å². The number of rotatable bonds is 5. The van der Waals surface area contributed by atoms with Gasteiger partial charge < -0.3 is 9.47 Å². The zero-order chi connectivity index (χ0) is 9.40. The molecule has 0 unspecified atom stereocenters. The Bertz CT molecular complexity index is 153. The standard InChI is InChI=1S/C9H14O3/c1-4-6-8(7-5-2)12-9(10)11-3/h4-5,8H,1-2,6-7H2,3H3. The maximum absolute atomic E-state index is 10.7. The Hall–Kier alpha value is -1.25. The molecule has 0 fully saturated rings. The lowest BCUT2D eigenvalue weighted by Crippen LogP contribution is -2.16. The van der Waals surface area contributed by atoms with Crippen LogP contribution in [0.4, 0.5) is 4.79 Å². The van der Waals surface area contributed by atoms with E-state index in [1.165, 1.54) is 7.11 Å². The Morgan fingerprint density at radius 1 is 1.42 bits per heavy atom. The van der Waals surface area contributed by atoms with Crippen molar-refractivity contribution in [3.8, 4) is 0 Å². The summed E-state index contributed by atoms with van der Waals surface area (Å²) in [4.78, 5) is 10.7. The van der Waals surface area contributed by atoms with E-state index in [0.29, 0.717) is 12.8 Å². The Labute approximate surface area is 72.7 Å². The molecule has 0 amide bonds. The van der Waals surface area contributed by atoms with Crippen LogP contribution in [0.15, 0.2) is 25.3 Å². The van der Waals surface area contributed by atoms with Gasteiger partial charge in [-0.1, -0.05) is 12.2 Å². The smallest absolute Gasteiger partial charge is 0.438 e. The third-order valence-corrected chi connectivity index (χ3v) is 1.29. The molecule has 0 aliphatic heterocycles. The highest BCUT2D eigenvalue weighted by molar-refractivity contribution is 5.59. The highest BCUT2D eigenvalue weighted by Gasteiger charge is 2.10. The molecule has 0 aromatic carbocycles. The van der Waals surface area contributed by atoms with Gasteiger partial charge in [0.2, 0.25) is 0 Å². The first-order chi connectivity index (χ1) is 5.74. The molecule has 0 spiro atoms. The SMILES string of the molecule is C=CCC(CC=C)OC(=O)OC. The summed E-state index contributed by atoms with van der Waals surface area (Å²) in [6.45, 7) is 7.10. The number of hydrogen-bond donors (Lipinski definition) is 0. The molecule has 0 bridgehead atoms. The van der Waals surface area contributed by atoms with E-state index >= 15 is 0 Å². The van der Waals surface area contributed by atoms with Crippen molar-refractivity contribution in [2.24, 2.45) is 0 Å². The van der Waals surface area contributed by atoms with E-state index < -0.39 is 6.16 Å². The topological polar surface area (TPSA) is 35.5 Å². The highest BCUT2D eigenvalue weighted by Crippen LogP contribution is 2.06. The number of hydrogen-bond acceptors (Lipinski definition) is 3. The molecule has 0 heterocycles. The molecule has 3 nitrogen and oxygen atoms in total. The van der Waals surface area contributed by atoms with Gasteiger partial charge in [-0.3, -0.25) is 0 Å². The maximum Gasteiger partial charge on any atom is 0.508 e. The molecule has 0 saturated carbocycles. The van der Waals surface area contributed by atoms with Crippen LogP contribution in [0.3, 0.4) is 0 Å². The first-order valence-electron chi connectivity index (χ1n) is 3.71. The lowest BCUT2D eigenvalue weighted by molar-refractivity contribution is 0.0391. The number of methoxy groups -OCH3 is 1. The molecule has 0 N–H and O–H groups in total. The van der Waals surface area contributed by atoms with E-state index in [1.807, 2.05) is 0 Å². The fourth-order valence-corrected chi connectivity index (χ4v) is 0.748. The minimum absolute atomic E-state index is 0.201.